The number of para-hydroxylation sites is 3. The maximum atomic E-state index is 8.95. The van der Waals surface area contributed by atoms with Gasteiger partial charge in [0, 0.05) is 0 Å². The Labute approximate surface area is 112 Å². The van der Waals surface area contributed by atoms with Gasteiger partial charge >= 0.3 is 0 Å². The van der Waals surface area contributed by atoms with Crippen LogP contribution in [0.2, 0.25) is 0 Å². The van der Waals surface area contributed by atoms with Crippen LogP contribution in [0.1, 0.15) is 0 Å². The molecule has 0 aliphatic rings. The summed E-state index contributed by atoms with van der Waals surface area (Å²) in [6.45, 7) is 0. The molecule has 2 aromatic carbocycles. The topological polar surface area (TPSA) is 124 Å². The summed E-state index contributed by atoms with van der Waals surface area (Å²) >= 11 is 0. The van der Waals surface area contributed by atoms with E-state index in [0.717, 1.165) is 15.9 Å². The normalized spacial score (nSPS) is 9.80. The number of H-pyrrole nitrogens is 1. The van der Waals surface area contributed by atoms with Crippen molar-refractivity contribution >= 4 is 22.1 Å². The van der Waals surface area contributed by atoms with Crippen molar-refractivity contribution in [2.45, 2.75) is 0 Å². The smallest absolute Gasteiger partial charge is 0.130 e. The highest BCUT2D eigenvalue weighted by atomic mass is 16.5. The van der Waals surface area contributed by atoms with Crippen molar-refractivity contribution in [1.82, 2.24) is 30.6 Å². The first kappa shape index (κ1) is 13.4. The fourth-order valence-corrected chi connectivity index (χ4v) is 1.64. The summed E-state index contributed by atoms with van der Waals surface area (Å²) in [6, 6.07) is 14.9. The summed E-state index contributed by atoms with van der Waals surface area (Å²) in [4.78, 5) is 0.759. The zero-order valence-electron chi connectivity index (χ0n) is 10.3. The summed E-state index contributed by atoms with van der Waals surface area (Å²) in [5.74, 6) is 0. The molecular weight excluding hydrogens is 260 g/mol. The second-order valence-electron chi connectivity index (χ2n) is 3.78. The third-order valence-corrected chi connectivity index (χ3v) is 2.56. The minimum absolute atomic E-state index is 0. The third kappa shape index (κ3) is 2.54. The number of hydrogen-bond donors (Lipinski definition) is 2. The quantitative estimate of drug-likeness (QED) is 0.458. The van der Waals surface area contributed by atoms with Crippen LogP contribution in [0.25, 0.3) is 22.1 Å². The van der Waals surface area contributed by atoms with Crippen molar-refractivity contribution in [2.24, 2.45) is 0 Å². The van der Waals surface area contributed by atoms with Gasteiger partial charge in [-0.1, -0.05) is 29.1 Å². The number of nitrogens with zero attached hydrogens (tertiary/aromatic N) is 5. The number of aromatic nitrogens is 6. The van der Waals surface area contributed by atoms with Crippen molar-refractivity contribution < 1.29 is 10.7 Å². The minimum Gasteiger partial charge on any atom is -0.412 e. The van der Waals surface area contributed by atoms with E-state index in [4.69, 9.17) is 5.21 Å². The molecule has 2 heterocycles. The first-order chi connectivity index (χ1) is 9.34. The average Bonchev–Trinajstić information content (AvgIpc) is 3.07. The predicted octanol–water partition coefficient (Wildman–Crippen LogP) is 0.802. The molecule has 0 bridgehead atoms. The highest BCUT2D eigenvalue weighted by Crippen LogP contribution is 2.06. The monoisotopic (exact) mass is 272 g/mol. The first-order valence-electron chi connectivity index (χ1n) is 5.60. The average molecular weight is 272 g/mol. The molecular formula is C12H12N6O2. The van der Waals surface area contributed by atoms with Crippen molar-refractivity contribution in [1.29, 1.82) is 0 Å². The molecule has 0 aliphatic heterocycles. The molecule has 0 radical (unpaired) electrons. The lowest BCUT2D eigenvalue weighted by molar-refractivity contribution is 0.155. The van der Waals surface area contributed by atoms with Crippen molar-refractivity contribution in [3.05, 3.63) is 48.5 Å². The van der Waals surface area contributed by atoms with Crippen LogP contribution in [-0.2, 0) is 0 Å². The van der Waals surface area contributed by atoms with Crippen LogP contribution in [0.4, 0.5) is 0 Å². The highest BCUT2D eigenvalue weighted by molar-refractivity contribution is 5.73. The van der Waals surface area contributed by atoms with Crippen LogP contribution in [0, 0.1) is 0 Å². The van der Waals surface area contributed by atoms with Gasteiger partial charge in [-0.2, -0.15) is 15.4 Å². The Morgan fingerprint density at radius 2 is 1.40 bits per heavy atom. The van der Waals surface area contributed by atoms with Gasteiger partial charge in [-0.3, -0.25) is 0 Å². The first-order valence-corrected chi connectivity index (χ1v) is 5.60. The van der Waals surface area contributed by atoms with E-state index in [-0.39, 0.29) is 5.48 Å². The van der Waals surface area contributed by atoms with Crippen LogP contribution in [0.3, 0.4) is 0 Å². The number of hydrogen-bond acceptors (Lipinski definition) is 5. The number of nitrogens with one attached hydrogen (secondary N) is 1. The highest BCUT2D eigenvalue weighted by Gasteiger charge is 1.98. The van der Waals surface area contributed by atoms with Crippen molar-refractivity contribution in [2.75, 3.05) is 0 Å². The molecule has 0 saturated heterocycles. The third-order valence-electron chi connectivity index (χ3n) is 2.56. The number of fused-ring (bicyclic) bond motifs is 2. The summed E-state index contributed by atoms with van der Waals surface area (Å²) in [5.41, 5.74) is 3.16. The Morgan fingerprint density at radius 1 is 0.850 bits per heavy atom. The maximum absolute atomic E-state index is 8.95. The molecule has 2 aromatic heterocycles. The van der Waals surface area contributed by atoms with Gasteiger partial charge < -0.3 is 10.7 Å². The minimum atomic E-state index is 0. The zero-order valence-corrected chi connectivity index (χ0v) is 10.3. The van der Waals surface area contributed by atoms with Gasteiger partial charge in [-0.15, -0.1) is 5.10 Å². The van der Waals surface area contributed by atoms with Crippen LogP contribution in [-0.4, -0.2) is 41.3 Å². The molecule has 4 rings (SSSR count). The SMILES string of the molecule is O.On1nnc2ccccc21.c1ccc2n[nH]nc2c1. The molecule has 4 N–H and O–H groups in total. The summed E-state index contributed by atoms with van der Waals surface area (Å²) in [6.07, 6.45) is 0. The van der Waals surface area contributed by atoms with E-state index in [1.165, 1.54) is 0 Å². The van der Waals surface area contributed by atoms with Crippen molar-refractivity contribution in [3.8, 4) is 0 Å². The lowest BCUT2D eigenvalue weighted by Crippen LogP contribution is -1.90. The largest absolute Gasteiger partial charge is 0.412 e. The zero-order chi connectivity index (χ0) is 13.1. The van der Waals surface area contributed by atoms with E-state index in [1.807, 2.05) is 36.4 Å². The summed E-state index contributed by atoms with van der Waals surface area (Å²) < 4.78 is 0. The lowest BCUT2D eigenvalue weighted by atomic mass is 10.3. The van der Waals surface area contributed by atoms with Gasteiger partial charge in [0.25, 0.3) is 0 Å². The van der Waals surface area contributed by atoms with Crippen LogP contribution in [0.5, 0.6) is 0 Å². The summed E-state index contributed by atoms with van der Waals surface area (Å²) in [5, 5.41) is 26.4. The molecule has 0 aliphatic carbocycles. The molecule has 8 nitrogen and oxygen atoms in total. The Balaban J connectivity index is 0.000000141. The second kappa shape index (κ2) is 5.76. The summed E-state index contributed by atoms with van der Waals surface area (Å²) in [7, 11) is 0. The lowest BCUT2D eigenvalue weighted by Gasteiger charge is -1.85. The van der Waals surface area contributed by atoms with E-state index in [1.54, 1.807) is 12.1 Å². The number of aromatic amines is 1. The molecule has 0 fully saturated rings. The van der Waals surface area contributed by atoms with Crippen molar-refractivity contribution in [3.63, 3.8) is 0 Å². The van der Waals surface area contributed by atoms with Crippen LogP contribution in [0.15, 0.2) is 48.5 Å². The molecule has 20 heavy (non-hydrogen) atoms. The Morgan fingerprint density at radius 3 is 2.00 bits per heavy atom. The standard InChI is InChI=1S/C6H5N3O.C6H5N3.H2O/c10-9-6-4-2-1-3-5(6)7-8-9;1-2-4-6-5(3-1)7-9-8-6;/h1-4,10H;1-4H,(H,7,8,9);1H2. The number of benzene rings is 2. The molecule has 0 unspecified atom stereocenters. The van der Waals surface area contributed by atoms with Gasteiger partial charge in [0.15, 0.2) is 0 Å². The van der Waals surface area contributed by atoms with E-state index in [2.05, 4.69) is 25.7 Å². The van der Waals surface area contributed by atoms with Gasteiger partial charge in [-0.05, 0) is 29.5 Å². The fourth-order valence-electron chi connectivity index (χ4n) is 1.64. The predicted molar refractivity (Wildman–Crippen MR) is 72.2 cm³/mol. The van der Waals surface area contributed by atoms with Gasteiger partial charge in [-0.25, -0.2) is 0 Å². The second-order valence-corrected chi connectivity index (χ2v) is 3.78. The molecule has 102 valence electrons. The fraction of sp³-hybridized carbons (Fsp3) is 0. The molecule has 0 atom stereocenters. The Hall–Kier alpha value is -3.00. The Bertz CT molecular complexity index is 779. The van der Waals surface area contributed by atoms with Crippen LogP contribution < -0.4 is 0 Å². The van der Waals surface area contributed by atoms with Gasteiger partial charge in [0.2, 0.25) is 0 Å². The van der Waals surface area contributed by atoms with Gasteiger partial charge in [0.05, 0.1) is 0 Å². The van der Waals surface area contributed by atoms with E-state index in [0.29, 0.717) is 11.0 Å². The van der Waals surface area contributed by atoms with E-state index >= 15 is 0 Å². The van der Waals surface area contributed by atoms with Crippen LogP contribution >= 0.6 is 0 Å². The molecule has 0 amide bonds. The van der Waals surface area contributed by atoms with E-state index in [9.17, 15) is 0 Å². The molecule has 0 spiro atoms. The molecule has 0 saturated carbocycles. The van der Waals surface area contributed by atoms with E-state index < -0.39 is 0 Å². The maximum Gasteiger partial charge on any atom is 0.130 e. The Kier molecular flexibility index (Phi) is 3.87. The molecule has 4 aromatic rings. The molecule has 8 heteroatoms. The van der Waals surface area contributed by atoms with Gasteiger partial charge in [0.1, 0.15) is 22.1 Å². The number of rotatable bonds is 0.